The summed E-state index contributed by atoms with van der Waals surface area (Å²) >= 11 is 0. The van der Waals surface area contributed by atoms with Crippen LogP contribution in [0.3, 0.4) is 0 Å². The van der Waals surface area contributed by atoms with E-state index in [0.29, 0.717) is 11.2 Å². The van der Waals surface area contributed by atoms with Gasteiger partial charge < -0.3 is 0 Å². The zero-order valence-corrected chi connectivity index (χ0v) is 15.5. The molecular formula is C26H16N2O. The first-order chi connectivity index (χ1) is 14.3. The first kappa shape index (κ1) is 16.0. The number of hydrogen-bond donors (Lipinski definition) is 0. The predicted octanol–water partition coefficient (Wildman–Crippen LogP) is 5.77. The van der Waals surface area contributed by atoms with Gasteiger partial charge in [0.1, 0.15) is 5.82 Å². The summed E-state index contributed by atoms with van der Waals surface area (Å²) in [6.07, 6.45) is 0. The van der Waals surface area contributed by atoms with E-state index < -0.39 is 0 Å². The molecule has 0 saturated heterocycles. The second-order valence-electron chi connectivity index (χ2n) is 7.25. The van der Waals surface area contributed by atoms with Crippen LogP contribution in [0.15, 0.2) is 102 Å². The molecule has 2 heterocycles. The standard InChI is InChI=1S/C26H16N2O/c29-26-21-14-8-7-13-20(21)22-15-19(17-9-3-1-4-10-17)16-23-24(22)28(26)25(27-23)18-11-5-2-6-12-18/h1-16H. The van der Waals surface area contributed by atoms with Gasteiger partial charge in [-0.3, -0.25) is 9.20 Å². The molecule has 0 saturated carbocycles. The van der Waals surface area contributed by atoms with Gasteiger partial charge in [-0.2, -0.15) is 0 Å². The molecule has 0 unspecified atom stereocenters. The fourth-order valence-electron chi connectivity index (χ4n) is 4.22. The van der Waals surface area contributed by atoms with E-state index in [9.17, 15) is 4.79 Å². The van der Waals surface area contributed by atoms with Crippen molar-refractivity contribution in [2.75, 3.05) is 0 Å². The molecule has 0 aliphatic carbocycles. The highest BCUT2D eigenvalue weighted by molar-refractivity contribution is 6.13. The number of fused-ring (bicyclic) bond motifs is 2. The SMILES string of the molecule is O=c1c2ccccc2c2cc(-c3ccccc3)cc3nc(-c4ccccc4)n1c32. The van der Waals surface area contributed by atoms with Gasteiger partial charge in [-0.25, -0.2) is 4.98 Å². The average Bonchev–Trinajstić information content (AvgIpc) is 3.18. The highest BCUT2D eigenvalue weighted by atomic mass is 16.1. The van der Waals surface area contributed by atoms with Gasteiger partial charge in [-0.05, 0) is 34.7 Å². The van der Waals surface area contributed by atoms with Crippen LogP contribution in [0.1, 0.15) is 0 Å². The van der Waals surface area contributed by atoms with Crippen molar-refractivity contribution in [1.29, 1.82) is 0 Å². The van der Waals surface area contributed by atoms with Crippen LogP contribution < -0.4 is 5.56 Å². The maximum atomic E-state index is 13.4. The molecule has 4 aromatic carbocycles. The van der Waals surface area contributed by atoms with Gasteiger partial charge in [0.05, 0.1) is 11.0 Å². The van der Waals surface area contributed by atoms with Crippen LogP contribution in [0, 0.1) is 0 Å². The van der Waals surface area contributed by atoms with Crippen molar-refractivity contribution in [1.82, 2.24) is 9.38 Å². The number of benzene rings is 4. The minimum Gasteiger partial charge on any atom is -0.268 e. The number of pyridine rings is 1. The third-order valence-electron chi connectivity index (χ3n) is 5.54. The number of aromatic nitrogens is 2. The first-order valence-electron chi connectivity index (χ1n) is 9.63. The summed E-state index contributed by atoms with van der Waals surface area (Å²) < 4.78 is 1.77. The Hall–Kier alpha value is -3.98. The van der Waals surface area contributed by atoms with Gasteiger partial charge in [-0.1, -0.05) is 78.9 Å². The Morgan fingerprint density at radius 2 is 1.21 bits per heavy atom. The lowest BCUT2D eigenvalue weighted by Crippen LogP contribution is -2.14. The minimum atomic E-state index is -0.0260. The Balaban J connectivity index is 1.84. The maximum absolute atomic E-state index is 13.4. The Bertz CT molecular complexity index is 1550. The molecule has 0 spiro atoms. The van der Waals surface area contributed by atoms with Gasteiger partial charge >= 0.3 is 0 Å². The minimum absolute atomic E-state index is 0.0260. The van der Waals surface area contributed by atoms with Crippen molar-refractivity contribution < 1.29 is 0 Å². The zero-order valence-electron chi connectivity index (χ0n) is 15.5. The van der Waals surface area contributed by atoms with Crippen LogP contribution in [0.2, 0.25) is 0 Å². The molecule has 0 radical (unpaired) electrons. The molecule has 0 bridgehead atoms. The summed E-state index contributed by atoms with van der Waals surface area (Å²) in [5, 5.41) is 2.72. The molecule has 0 fully saturated rings. The molecule has 3 heteroatoms. The second kappa shape index (κ2) is 6.01. The van der Waals surface area contributed by atoms with Gasteiger partial charge in [0, 0.05) is 16.3 Å². The van der Waals surface area contributed by atoms with Crippen LogP contribution in [0.25, 0.3) is 49.7 Å². The monoisotopic (exact) mass is 372 g/mol. The number of nitrogens with zero attached hydrogens (tertiary/aromatic N) is 2. The fourth-order valence-corrected chi connectivity index (χ4v) is 4.22. The molecule has 136 valence electrons. The predicted molar refractivity (Wildman–Crippen MR) is 119 cm³/mol. The molecule has 0 N–H and O–H groups in total. The van der Waals surface area contributed by atoms with Crippen molar-refractivity contribution in [2.24, 2.45) is 0 Å². The molecular weight excluding hydrogens is 356 g/mol. The summed E-state index contributed by atoms with van der Waals surface area (Å²) in [6, 6.07) is 32.3. The van der Waals surface area contributed by atoms with E-state index in [1.807, 2.05) is 72.8 Å². The quantitative estimate of drug-likeness (QED) is 0.362. The lowest BCUT2D eigenvalue weighted by Gasteiger charge is -2.09. The van der Waals surface area contributed by atoms with Crippen molar-refractivity contribution in [3.05, 3.63) is 107 Å². The lowest BCUT2D eigenvalue weighted by atomic mass is 9.99. The Labute approximate surface area is 166 Å². The van der Waals surface area contributed by atoms with E-state index in [1.165, 1.54) is 0 Å². The van der Waals surface area contributed by atoms with Crippen LogP contribution >= 0.6 is 0 Å². The summed E-state index contributed by atoms with van der Waals surface area (Å²) in [7, 11) is 0. The molecule has 0 aliphatic rings. The van der Waals surface area contributed by atoms with Crippen LogP contribution in [0.4, 0.5) is 0 Å². The first-order valence-corrected chi connectivity index (χ1v) is 9.63. The molecule has 6 aromatic rings. The lowest BCUT2D eigenvalue weighted by molar-refractivity contribution is 1.13. The number of hydrogen-bond acceptors (Lipinski definition) is 2. The highest BCUT2D eigenvalue weighted by Gasteiger charge is 2.19. The Kier molecular flexibility index (Phi) is 3.32. The van der Waals surface area contributed by atoms with Gasteiger partial charge in [0.15, 0.2) is 0 Å². The van der Waals surface area contributed by atoms with E-state index in [1.54, 1.807) is 4.40 Å². The summed E-state index contributed by atoms with van der Waals surface area (Å²) in [4.78, 5) is 18.3. The molecule has 6 rings (SSSR count). The summed E-state index contributed by atoms with van der Waals surface area (Å²) in [5.74, 6) is 0.687. The van der Waals surface area contributed by atoms with Gasteiger partial charge in [0.2, 0.25) is 0 Å². The maximum Gasteiger partial charge on any atom is 0.264 e. The van der Waals surface area contributed by atoms with E-state index >= 15 is 0 Å². The van der Waals surface area contributed by atoms with E-state index in [2.05, 4.69) is 24.3 Å². The molecule has 3 nitrogen and oxygen atoms in total. The smallest absolute Gasteiger partial charge is 0.264 e. The number of imidazole rings is 1. The molecule has 0 aliphatic heterocycles. The van der Waals surface area contributed by atoms with Gasteiger partial charge in [0.25, 0.3) is 5.56 Å². The molecule has 29 heavy (non-hydrogen) atoms. The van der Waals surface area contributed by atoms with Crippen LogP contribution in [0.5, 0.6) is 0 Å². The van der Waals surface area contributed by atoms with Crippen molar-refractivity contribution >= 4 is 27.2 Å². The normalized spacial score (nSPS) is 11.6. The Morgan fingerprint density at radius 1 is 0.586 bits per heavy atom. The molecule has 0 amide bonds. The van der Waals surface area contributed by atoms with E-state index in [-0.39, 0.29) is 5.56 Å². The summed E-state index contributed by atoms with van der Waals surface area (Å²) in [5.41, 5.74) is 4.86. The number of rotatable bonds is 2. The van der Waals surface area contributed by atoms with Crippen molar-refractivity contribution in [2.45, 2.75) is 0 Å². The topological polar surface area (TPSA) is 34.4 Å². The second-order valence-corrected chi connectivity index (χ2v) is 7.25. The van der Waals surface area contributed by atoms with Crippen molar-refractivity contribution in [3.8, 4) is 22.5 Å². The fraction of sp³-hybridized carbons (Fsp3) is 0. The van der Waals surface area contributed by atoms with Crippen LogP contribution in [-0.2, 0) is 0 Å². The third-order valence-corrected chi connectivity index (χ3v) is 5.54. The Morgan fingerprint density at radius 3 is 1.93 bits per heavy atom. The molecule has 2 aromatic heterocycles. The zero-order chi connectivity index (χ0) is 19.4. The van der Waals surface area contributed by atoms with Crippen molar-refractivity contribution in [3.63, 3.8) is 0 Å². The van der Waals surface area contributed by atoms with Gasteiger partial charge in [-0.15, -0.1) is 0 Å². The van der Waals surface area contributed by atoms with E-state index in [4.69, 9.17) is 4.98 Å². The third kappa shape index (κ3) is 2.31. The average molecular weight is 372 g/mol. The van der Waals surface area contributed by atoms with Crippen LogP contribution in [-0.4, -0.2) is 9.38 Å². The summed E-state index contributed by atoms with van der Waals surface area (Å²) in [6.45, 7) is 0. The van der Waals surface area contributed by atoms with E-state index in [0.717, 1.165) is 38.5 Å². The highest BCUT2D eigenvalue weighted by Crippen LogP contribution is 2.34. The molecule has 0 atom stereocenters. The largest absolute Gasteiger partial charge is 0.268 e.